The Kier molecular flexibility index (Phi) is 5.92. The minimum Gasteiger partial charge on any atom is -0.453 e. The third-order valence-corrected chi connectivity index (χ3v) is 1.19. The summed E-state index contributed by atoms with van der Waals surface area (Å²) in [6.45, 7) is 2.69. The average Bonchev–Trinajstić information content (AvgIpc) is 2.09. The molecule has 0 aromatic rings. The lowest BCUT2D eigenvalue weighted by Crippen LogP contribution is -2.25. The summed E-state index contributed by atoms with van der Waals surface area (Å²) in [5.41, 5.74) is 0. The highest BCUT2D eigenvalue weighted by Crippen LogP contribution is 2.25. The van der Waals surface area contributed by atoms with Crippen molar-refractivity contribution in [3.63, 3.8) is 0 Å². The van der Waals surface area contributed by atoms with Gasteiger partial charge in [0.05, 0.1) is 0 Å². The van der Waals surface area contributed by atoms with Crippen molar-refractivity contribution in [2.24, 2.45) is 0 Å². The molecule has 0 saturated carbocycles. The van der Waals surface area contributed by atoms with Gasteiger partial charge in [0.15, 0.2) is 0 Å². The van der Waals surface area contributed by atoms with Crippen LogP contribution in [0, 0.1) is 0 Å². The molecule has 0 amide bonds. The van der Waals surface area contributed by atoms with Crippen LogP contribution in [-0.2, 0) is 19.1 Å². The molecule has 80 valence electrons. The summed E-state index contributed by atoms with van der Waals surface area (Å²) in [4.78, 5) is 21.5. The second kappa shape index (κ2) is 6.11. The first kappa shape index (κ1) is 13.5. The molecule has 14 heavy (non-hydrogen) atoms. The zero-order chi connectivity index (χ0) is 11.2. The zero-order valence-electron chi connectivity index (χ0n) is 6.97. The molecular formula is C7H7Cl3O4. The van der Waals surface area contributed by atoms with Crippen molar-refractivity contribution in [2.45, 2.75) is 3.79 Å². The molecule has 7 heteroatoms. The smallest absolute Gasteiger partial charge is 0.417 e. The van der Waals surface area contributed by atoms with Crippen molar-refractivity contribution < 1.29 is 19.1 Å². The van der Waals surface area contributed by atoms with E-state index in [1.54, 1.807) is 0 Å². The van der Waals surface area contributed by atoms with Gasteiger partial charge in [-0.2, -0.15) is 0 Å². The Morgan fingerprint density at radius 3 is 2.14 bits per heavy atom. The molecule has 0 rings (SSSR count). The van der Waals surface area contributed by atoms with E-state index in [0.717, 1.165) is 0 Å². The van der Waals surface area contributed by atoms with E-state index in [1.807, 2.05) is 0 Å². The van der Waals surface area contributed by atoms with Crippen LogP contribution in [-0.4, -0.2) is 28.9 Å². The highest BCUT2D eigenvalue weighted by atomic mass is 35.6. The van der Waals surface area contributed by atoms with Crippen LogP contribution in [0.4, 0.5) is 0 Å². The Morgan fingerprint density at radius 1 is 1.21 bits per heavy atom. The predicted octanol–water partition coefficient (Wildman–Crippen LogP) is 1.63. The van der Waals surface area contributed by atoms with Crippen LogP contribution in [0.25, 0.3) is 0 Å². The maximum absolute atomic E-state index is 10.8. The fourth-order valence-corrected chi connectivity index (χ4v) is 0.564. The van der Waals surface area contributed by atoms with Crippen LogP contribution in [0.15, 0.2) is 12.7 Å². The van der Waals surface area contributed by atoms with E-state index < -0.39 is 22.3 Å². The molecule has 0 spiro atoms. The fraction of sp³-hybridized carbons (Fsp3) is 0.429. The number of alkyl halides is 3. The first-order valence-corrected chi connectivity index (χ1v) is 4.51. The van der Waals surface area contributed by atoms with Gasteiger partial charge in [0, 0.05) is 0 Å². The van der Waals surface area contributed by atoms with Crippen molar-refractivity contribution >= 4 is 46.7 Å². The molecule has 0 unspecified atom stereocenters. The molecule has 0 aliphatic rings. The highest BCUT2D eigenvalue weighted by molar-refractivity contribution is 6.67. The minimum atomic E-state index is -1.74. The third-order valence-electron chi connectivity index (χ3n) is 0.866. The van der Waals surface area contributed by atoms with Gasteiger partial charge in [0.1, 0.15) is 13.2 Å². The number of halogens is 3. The van der Waals surface area contributed by atoms with E-state index in [2.05, 4.69) is 16.1 Å². The number of rotatable bonds is 3. The number of esters is 2. The molecule has 0 radical (unpaired) electrons. The van der Waals surface area contributed by atoms with Crippen molar-refractivity contribution in [3.8, 4) is 0 Å². The summed E-state index contributed by atoms with van der Waals surface area (Å²) in [6, 6.07) is 0. The van der Waals surface area contributed by atoms with Crippen molar-refractivity contribution in [2.75, 3.05) is 13.2 Å². The van der Waals surface area contributed by atoms with Gasteiger partial charge in [0.25, 0.3) is 0 Å². The number of hydrogen-bond acceptors (Lipinski definition) is 4. The molecule has 0 atom stereocenters. The predicted molar refractivity (Wildman–Crippen MR) is 52.4 cm³/mol. The van der Waals surface area contributed by atoms with Crippen LogP contribution in [0.2, 0.25) is 0 Å². The van der Waals surface area contributed by atoms with E-state index in [1.165, 1.54) is 6.08 Å². The van der Waals surface area contributed by atoms with E-state index in [0.29, 0.717) is 0 Å². The number of ether oxygens (including phenoxy) is 2. The SMILES string of the molecule is C=CCOC(=O)C(=O)OCC(Cl)(Cl)Cl. The van der Waals surface area contributed by atoms with Crippen LogP contribution < -0.4 is 0 Å². The largest absolute Gasteiger partial charge is 0.453 e. The first-order valence-electron chi connectivity index (χ1n) is 3.38. The second-order valence-corrected chi connectivity index (χ2v) is 4.59. The van der Waals surface area contributed by atoms with Crippen LogP contribution >= 0.6 is 34.8 Å². The Hall–Kier alpha value is -0.450. The molecule has 0 aliphatic heterocycles. The minimum absolute atomic E-state index is 0.0816. The first-order chi connectivity index (χ1) is 6.37. The highest BCUT2D eigenvalue weighted by Gasteiger charge is 2.25. The van der Waals surface area contributed by atoms with Gasteiger partial charge >= 0.3 is 11.9 Å². The number of carbonyl (C=O) groups is 2. The Bertz CT molecular complexity index is 234. The van der Waals surface area contributed by atoms with Gasteiger partial charge in [0.2, 0.25) is 3.79 Å². The maximum Gasteiger partial charge on any atom is 0.417 e. The Labute approximate surface area is 95.7 Å². The Balaban J connectivity index is 3.85. The van der Waals surface area contributed by atoms with Crippen molar-refractivity contribution in [1.82, 2.24) is 0 Å². The Morgan fingerprint density at radius 2 is 1.71 bits per heavy atom. The second-order valence-electron chi connectivity index (χ2n) is 2.08. The molecule has 4 nitrogen and oxygen atoms in total. The molecule has 0 fully saturated rings. The van der Waals surface area contributed by atoms with Gasteiger partial charge in [-0.3, -0.25) is 0 Å². The third kappa shape index (κ3) is 7.00. The van der Waals surface area contributed by atoms with Crippen LogP contribution in [0.5, 0.6) is 0 Å². The molecule has 0 heterocycles. The summed E-state index contributed by atoms with van der Waals surface area (Å²) < 4.78 is 6.94. The summed E-state index contributed by atoms with van der Waals surface area (Å²) in [5.74, 6) is -2.36. The van der Waals surface area contributed by atoms with Gasteiger partial charge in [-0.1, -0.05) is 47.5 Å². The van der Waals surface area contributed by atoms with Gasteiger partial charge < -0.3 is 9.47 Å². The molecule has 0 saturated heterocycles. The topological polar surface area (TPSA) is 52.6 Å². The zero-order valence-corrected chi connectivity index (χ0v) is 9.23. The van der Waals surface area contributed by atoms with Gasteiger partial charge in [-0.15, -0.1) is 0 Å². The standard InChI is InChI=1S/C7H7Cl3O4/c1-2-3-13-5(11)6(12)14-4-7(8,9)10/h2H,1,3-4H2. The lowest BCUT2D eigenvalue weighted by Gasteiger charge is -2.10. The molecule has 0 aromatic carbocycles. The lowest BCUT2D eigenvalue weighted by atomic mass is 10.6. The fourth-order valence-electron chi connectivity index (χ4n) is 0.400. The average molecular weight is 261 g/mol. The van der Waals surface area contributed by atoms with E-state index in [-0.39, 0.29) is 6.61 Å². The van der Waals surface area contributed by atoms with E-state index in [9.17, 15) is 9.59 Å². The summed E-state index contributed by atoms with van der Waals surface area (Å²) in [6.07, 6.45) is 1.31. The van der Waals surface area contributed by atoms with Crippen molar-refractivity contribution in [1.29, 1.82) is 0 Å². The van der Waals surface area contributed by atoms with E-state index in [4.69, 9.17) is 34.8 Å². The summed E-state index contributed by atoms with van der Waals surface area (Å²) >= 11 is 15.8. The van der Waals surface area contributed by atoms with Gasteiger partial charge in [-0.25, -0.2) is 9.59 Å². The van der Waals surface area contributed by atoms with Crippen LogP contribution in [0.1, 0.15) is 0 Å². The number of hydrogen-bond donors (Lipinski definition) is 0. The molecule has 0 aliphatic carbocycles. The summed E-state index contributed by atoms with van der Waals surface area (Å²) in [7, 11) is 0. The summed E-state index contributed by atoms with van der Waals surface area (Å²) in [5, 5.41) is 0. The van der Waals surface area contributed by atoms with Crippen molar-refractivity contribution in [3.05, 3.63) is 12.7 Å². The quantitative estimate of drug-likeness (QED) is 0.335. The maximum atomic E-state index is 10.8. The molecule has 0 N–H and O–H groups in total. The monoisotopic (exact) mass is 260 g/mol. The van der Waals surface area contributed by atoms with E-state index >= 15 is 0 Å². The normalized spacial score (nSPS) is 10.5. The molecule has 0 bridgehead atoms. The molecular weight excluding hydrogens is 254 g/mol. The van der Waals surface area contributed by atoms with Gasteiger partial charge in [-0.05, 0) is 0 Å². The lowest BCUT2D eigenvalue weighted by molar-refractivity contribution is -0.166. The molecule has 0 aromatic heterocycles. The van der Waals surface area contributed by atoms with Crippen LogP contribution in [0.3, 0.4) is 0 Å². The number of carbonyl (C=O) groups excluding carboxylic acids is 2.